The van der Waals surface area contributed by atoms with Crippen molar-refractivity contribution in [1.29, 1.82) is 0 Å². The smallest absolute Gasteiger partial charge is 0.284 e. The first-order valence-electron chi connectivity index (χ1n) is 4.39. The zero-order valence-electron chi connectivity index (χ0n) is 8.66. The summed E-state index contributed by atoms with van der Waals surface area (Å²) in [6.45, 7) is 4.70. The summed E-state index contributed by atoms with van der Waals surface area (Å²) in [5.74, 6) is -0.291. The molecule has 0 fully saturated rings. The highest BCUT2D eigenvalue weighted by molar-refractivity contribution is 5.89. The third kappa shape index (κ3) is 1.93. The Labute approximate surface area is 83.3 Å². The summed E-state index contributed by atoms with van der Waals surface area (Å²) < 4.78 is 1.73. The molecule has 0 aliphatic rings. The van der Waals surface area contributed by atoms with Crippen molar-refractivity contribution < 1.29 is 4.79 Å². The van der Waals surface area contributed by atoms with Gasteiger partial charge in [-0.1, -0.05) is 0 Å². The van der Waals surface area contributed by atoms with E-state index in [9.17, 15) is 4.79 Å². The van der Waals surface area contributed by atoms with Crippen LogP contribution in [0, 0.1) is 6.20 Å². The first-order chi connectivity index (χ1) is 6.49. The lowest BCUT2D eigenvalue weighted by atomic mass is 10.1. The number of carbonyl (C=O) groups is 1. The number of imidazole rings is 1. The summed E-state index contributed by atoms with van der Waals surface area (Å²) in [6.07, 6.45) is 4.26. The van der Waals surface area contributed by atoms with Crippen LogP contribution in [-0.2, 0) is 5.54 Å². The monoisotopic (exact) mass is 195 g/mol. The van der Waals surface area contributed by atoms with Crippen molar-refractivity contribution in [3.05, 3.63) is 18.2 Å². The van der Waals surface area contributed by atoms with E-state index in [4.69, 9.17) is 5.73 Å². The highest BCUT2D eigenvalue weighted by atomic mass is 16.1. The molecular weight excluding hydrogens is 180 g/mol. The number of hydrogen-bond acceptors (Lipinski definition) is 3. The van der Waals surface area contributed by atoms with E-state index in [1.165, 1.54) is 0 Å². The Morgan fingerprint density at radius 1 is 1.79 bits per heavy atom. The molecule has 0 aromatic carbocycles. The molecular formula is C9H15N4O. The topological polar surface area (TPSA) is 72.9 Å². The zero-order chi connectivity index (χ0) is 10.8. The molecule has 0 saturated carbocycles. The van der Waals surface area contributed by atoms with Gasteiger partial charge >= 0.3 is 0 Å². The van der Waals surface area contributed by atoms with Crippen LogP contribution in [0.25, 0.3) is 0 Å². The van der Waals surface area contributed by atoms with E-state index in [1.807, 2.05) is 20.9 Å². The largest absolute Gasteiger partial charge is 0.363 e. The second kappa shape index (κ2) is 3.79. The predicted molar refractivity (Wildman–Crippen MR) is 52.8 cm³/mol. The van der Waals surface area contributed by atoms with Crippen LogP contribution < -0.4 is 11.1 Å². The molecule has 5 heteroatoms. The molecule has 1 radical (unpaired) electrons. The van der Waals surface area contributed by atoms with Crippen molar-refractivity contribution in [2.75, 3.05) is 13.6 Å². The SMILES string of the molecule is CNCC(C)(C)n1c[c]nc1C(N)=O. The second-order valence-electron chi connectivity index (χ2n) is 3.77. The zero-order valence-corrected chi connectivity index (χ0v) is 8.66. The predicted octanol–water partition coefficient (Wildman–Crippen LogP) is -0.263. The normalized spacial score (nSPS) is 11.6. The van der Waals surface area contributed by atoms with Gasteiger partial charge in [0, 0.05) is 12.7 Å². The number of hydrogen-bond donors (Lipinski definition) is 2. The molecule has 14 heavy (non-hydrogen) atoms. The van der Waals surface area contributed by atoms with E-state index in [0.717, 1.165) is 6.54 Å². The third-order valence-corrected chi connectivity index (χ3v) is 2.07. The molecule has 0 aliphatic carbocycles. The minimum atomic E-state index is -0.532. The van der Waals surface area contributed by atoms with Gasteiger partial charge in [0.1, 0.15) is 6.20 Å². The average molecular weight is 195 g/mol. The first kappa shape index (κ1) is 10.7. The van der Waals surface area contributed by atoms with Crippen LogP contribution in [-0.4, -0.2) is 29.1 Å². The van der Waals surface area contributed by atoms with Crippen molar-refractivity contribution >= 4 is 5.91 Å². The maximum absolute atomic E-state index is 11.0. The lowest BCUT2D eigenvalue weighted by Gasteiger charge is -2.27. The van der Waals surface area contributed by atoms with E-state index in [2.05, 4.69) is 16.5 Å². The Bertz CT molecular complexity index is 329. The standard InChI is InChI=1S/C9H15N4O/c1-9(2,6-11-3)13-5-4-12-8(13)7(10)14/h5,11H,6H2,1-3H3,(H2,10,14). The number of carbonyl (C=O) groups excluding carboxylic acids is 1. The fourth-order valence-corrected chi connectivity index (χ4v) is 1.42. The Morgan fingerprint density at radius 2 is 2.43 bits per heavy atom. The van der Waals surface area contributed by atoms with Crippen LogP contribution >= 0.6 is 0 Å². The van der Waals surface area contributed by atoms with Gasteiger partial charge in [0.25, 0.3) is 5.91 Å². The highest BCUT2D eigenvalue weighted by Gasteiger charge is 2.23. The molecule has 3 N–H and O–H groups in total. The number of rotatable bonds is 4. The van der Waals surface area contributed by atoms with Crippen molar-refractivity contribution in [3.8, 4) is 0 Å². The van der Waals surface area contributed by atoms with E-state index in [-0.39, 0.29) is 11.4 Å². The molecule has 0 saturated heterocycles. The number of likely N-dealkylation sites (N-methyl/N-ethyl adjacent to an activating group) is 1. The van der Waals surface area contributed by atoms with Crippen molar-refractivity contribution in [1.82, 2.24) is 14.9 Å². The van der Waals surface area contributed by atoms with Gasteiger partial charge in [0.2, 0.25) is 0 Å². The Morgan fingerprint density at radius 3 is 2.93 bits per heavy atom. The van der Waals surface area contributed by atoms with Crippen LogP contribution in [0.2, 0.25) is 0 Å². The molecule has 1 rings (SSSR count). The summed E-state index contributed by atoms with van der Waals surface area (Å²) in [6, 6.07) is 0. The summed E-state index contributed by atoms with van der Waals surface area (Å²) in [5.41, 5.74) is 4.95. The van der Waals surface area contributed by atoms with Gasteiger partial charge in [-0.2, -0.15) is 0 Å². The molecule has 1 amide bonds. The maximum atomic E-state index is 11.0. The lowest BCUT2D eigenvalue weighted by molar-refractivity contribution is 0.0979. The molecule has 1 heterocycles. The molecule has 0 spiro atoms. The van der Waals surface area contributed by atoms with Gasteiger partial charge in [-0.05, 0) is 20.9 Å². The summed E-state index contributed by atoms with van der Waals surface area (Å²) in [7, 11) is 1.85. The average Bonchev–Trinajstić information content (AvgIpc) is 2.51. The van der Waals surface area contributed by atoms with Gasteiger partial charge in [-0.3, -0.25) is 4.79 Å². The molecule has 0 bridgehead atoms. The van der Waals surface area contributed by atoms with E-state index < -0.39 is 5.91 Å². The minimum Gasteiger partial charge on any atom is -0.363 e. The molecule has 0 aliphatic heterocycles. The van der Waals surface area contributed by atoms with Crippen molar-refractivity contribution in [3.63, 3.8) is 0 Å². The number of amides is 1. The third-order valence-electron chi connectivity index (χ3n) is 2.07. The van der Waals surface area contributed by atoms with E-state index >= 15 is 0 Å². The molecule has 0 unspecified atom stereocenters. The molecule has 77 valence electrons. The number of aromatic nitrogens is 2. The summed E-state index contributed by atoms with van der Waals surface area (Å²) in [4.78, 5) is 14.8. The Balaban J connectivity index is 3.05. The van der Waals surface area contributed by atoms with Gasteiger partial charge in [-0.15, -0.1) is 0 Å². The molecule has 1 aromatic rings. The quantitative estimate of drug-likeness (QED) is 0.695. The first-order valence-corrected chi connectivity index (χ1v) is 4.39. The Kier molecular flexibility index (Phi) is 2.90. The number of nitrogens with two attached hydrogens (primary N) is 1. The minimum absolute atomic E-state index is 0.241. The highest BCUT2D eigenvalue weighted by Crippen LogP contribution is 2.15. The van der Waals surface area contributed by atoms with Crippen LogP contribution in [0.5, 0.6) is 0 Å². The molecule has 1 aromatic heterocycles. The van der Waals surface area contributed by atoms with Gasteiger partial charge < -0.3 is 15.6 Å². The maximum Gasteiger partial charge on any atom is 0.284 e. The fourth-order valence-electron chi connectivity index (χ4n) is 1.42. The van der Waals surface area contributed by atoms with Crippen molar-refractivity contribution in [2.45, 2.75) is 19.4 Å². The number of primary amides is 1. The number of nitrogens with one attached hydrogen (secondary N) is 1. The number of nitrogens with zero attached hydrogens (tertiary/aromatic N) is 2. The van der Waals surface area contributed by atoms with E-state index in [0.29, 0.717) is 0 Å². The van der Waals surface area contributed by atoms with Crippen LogP contribution in [0.1, 0.15) is 24.5 Å². The van der Waals surface area contributed by atoms with E-state index in [1.54, 1.807) is 10.8 Å². The molecule has 0 atom stereocenters. The van der Waals surface area contributed by atoms with Crippen molar-refractivity contribution in [2.24, 2.45) is 5.73 Å². The lowest BCUT2D eigenvalue weighted by Crippen LogP contribution is -2.39. The fraction of sp³-hybridized carbons (Fsp3) is 0.556. The van der Waals surface area contributed by atoms with Crippen LogP contribution in [0.3, 0.4) is 0 Å². The second-order valence-corrected chi connectivity index (χ2v) is 3.77. The van der Waals surface area contributed by atoms with Gasteiger partial charge in [0.15, 0.2) is 5.82 Å². The van der Waals surface area contributed by atoms with Crippen LogP contribution in [0.15, 0.2) is 6.20 Å². The molecule has 5 nitrogen and oxygen atoms in total. The van der Waals surface area contributed by atoms with Crippen LogP contribution in [0.4, 0.5) is 0 Å². The van der Waals surface area contributed by atoms with Gasteiger partial charge in [-0.25, -0.2) is 4.98 Å². The summed E-state index contributed by atoms with van der Waals surface area (Å²) >= 11 is 0. The summed E-state index contributed by atoms with van der Waals surface area (Å²) in [5, 5.41) is 3.05. The van der Waals surface area contributed by atoms with Gasteiger partial charge in [0.05, 0.1) is 5.54 Å². The Hall–Kier alpha value is -1.36.